The average molecular weight is 336 g/mol. The predicted molar refractivity (Wildman–Crippen MR) is 86.9 cm³/mol. The molecule has 0 aliphatic rings. The average Bonchev–Trinajstić information content (AvgIpc) is 2.83. The van der Waals surface area contributed by atoms with E-state index in [1.165, 1.54) is 0 Å². The molecule has 1 heterocycles. The van der Waals surface area contributed by atoms with E-state index in [1.54, 1.807) is 43.5 Å². The molecule has 0 fully saturated rings. The highest BCUT2D eigenvalue weighted by Crippen LogP contribution is 2.29. The highest BCUT2D eigenvalue weighted by Gasteiger charge is 2.21. The molecule has 0 atom stereocenters. The van der Waals surface area contributed by atoms with E-state index in [-0.39, 0.29) is 21.4 Å². The number of anilines is 1. The molecule has 0 unspecified atom stereocenters. The van der Waals surface area contributed by atoms with Crippen LogP contribution in [-0.2, 0) is 0 Å². The van der Waals surface area contributed by atoms with Crippen molar-refractivity contribution in [3.8, 4) is 5.75 Å². The maximum atomic E-state index is 12.7. The summed E-state index contributed by atoms with van der Waals surface area (Å²) in [5.74, 6) is 0.363. The first-order valence-corrected chi connectivity index (χ1v) is 7.09. The highest BCUT2D eigenvalue weighted by atomic mass is 35.5. The monoisotopic (exact) mass is 335 g/mol. The normalized spacial score (nSPS) is 10.9. The second-order valence-electron chi connectivity index (χ2n) is 4.58. The summed E-state index contributed by atoms with van der Waals surface area (Å²) < 4.78 is 6.23. The van der Waals surface area contributed by atoms with Crippen molar-refractivity contribution in [1.29, 1.82) is 0 Å². The molecule has 0 saturated carbocycles. The topological polar surface area (TPSA) is 70.1 Å². The van der Waals surface area contributed by atoms with Crippen LogP contribution >= 0.6 is 23.2 Å². The van der Waals surface area contributed by atoms with E-state index < -0.39 is 5.91 Å². The molecule has 22 heavy (non-hydrogen) atoms. The molecule has 2 aromatic carbocycles. The number of hydrogen-bond acceptors (Lipinski definition) is 4. The predicted octanol–water partition coefficient (Wildman–Crippen LogP) is 3.62. The zero-order chi connectivity index (χ0) is 15.9. The summed E-state index contributed by atoms with van der Waals surface area (Å²) in [5.41, 5.74) is 6.74. The van der Waals surface area contributed by atoms with Crippen molar-refractivity contribution in [2.45, 2.75) is 0 Å². The summed E-state index contributed by atoms with van der Waals surface area (Å²) in [4.78, 5) is 12.7. The van der Waals surface area contributed by atoms with Gasteiger partial charge in [-0.25, -0.2) is 0 Å². The number of halogens is 2. The fraction of sp³-hybridized carbons (Fsp3) is 0.0667. The Labute approximate surface area is 136 Å². The van der Waals surface area contributed by atoms with Gasteiger partial charge in [0.05, 0.1) is 28.2 Å². The Morgan fingerprint density at radius 1 is 1.23 bits per heavy atom. The molecule has 3 aromatic rings. The van der Waals surface area contributed by atoms with E-state index in [0.29, 0.717) is 16.7 Å². The van der Waals surface area contributed by atoms with Crippen LogP contribution in [0.4, 0.5) is 5.82 Å². The Kier molecular flexibility index (Phi) is 3.68. The van der Waals surface area contributed by atoms with E-state index in [2.05, 4.69) is 5.10 Å². The summed E-state index contributed by atoms with van der Waals surface area (Å²) in [5, 5.41) is 5.36. The molecule has 0 spiro atoms. The summed E-state index contributed by atoms with van der Waals surface area (Å²) in [6, 6.07) is 10.0. The molecule has 0 aliphatic heterocycles. The summed E-state index contributed by atoms with van der Waals surface area (Å²) in [6.45, 7) is 0. The molecule has 0 bridgehead atoms. The number of rotatable bonds is 2. The van der Waals surface area contributed by atoms with Crippen molar-refractivity contribution in [1.82, 2.24) is 9.78 Å². The van der Waals surface area contributed by atoms with Gasteiger partial charge in [-0.1, -0.05) is 29.3 Å². The molecule has 7 heteroatoms. The van der Waals surface area contributed by atoms with Crippen LogP contribution in [0.1, 0.15) is 10.4 Å². The Morgan fingerprint density at radius 3 is 2.55 bits per heavy atom. The zero-order valence-electron chi connectivity index (χ0n) is 11.5. The second kappa shape index (κ2) is 5.51. The van der Waals surface area contributed by atoms with Gasteiger partial charge < -0.3 is 10.5 Å². The second-order valence-corrected chi connectivity index (χ2v) is 5.40. The van der Waals surface area contributed by atoms with Gasteiger partial charge in [0, 0.05) is 11.5 Å². The molecule has 0 amide bonds. The molecule has 112 valence electrons. The number of fused-ring (bicyclic) bond motifs is 1. The van der Waals surface area contributed by atoms with Crippen LogP contribution in [0, 0.1) is 0 Å². The molecule has 0 saturated heterocycles. The lowest BCUT2D eigenvalue weighted by atomic mass is 10.2. The Hall–Kier alpha value is -2.24. The Morgan fingerprint density at radius 2 is 1.91 bits per heavy atom. The standard InChI is InChI=1S/C15H11Cl2N3O2/c1-22-8-5-6-9-12(7-8)19-20(14(9)18)15(21)13-10(16)3-2-4-11(13)17/h2-7H,18H2,1H3. The number of ether oxygens (including phenoxy) is 1. The minimum atomic E-state index is -0.483. The highest BCUT2D eigenvalue weighted by molar-refractivity contribution is 6.39. The van der Waals surface area contributed by atoms with Crippen LogP contribution in [0.5, 0.6) is 5.75 Å². The molecule has 0 aliphatic carbocycles. The van der Waals surface area contributed by atoms with Crippen molar-refractivity contribution in [3.63, 3.8) is 0 Å². The summed E-state index contributed by atoms with van der Waals surface area (Å²) in [7, 11) is 1.55. The van der Waals surface area contributed by atoms with E-state index in [9.17, 15) is 4.79 Å². The number of nitrogens with two attached hydrogens (primary N) is 1. The van der Waals surface area contributed by atoms with E-state index in [1.807, 2.05) is 0 Å². The van der Waals surface area contributed by atoms with Crippen molar-refractivity contribution in [2.75, 3.05) is 12.8 Å². The number of benzene rings is 2. The van der Waals surface area contributed by atoms with Gasteiger partial charge in [0.1, 0.15) is 11.6 Å². The Balaban J connectivity index is 2.17. The summed E-state index contributed by atoms with van der Waals surface area (Å²) in [6.07, 6.45) is 0. The lowest BCUT2D eigenvalue weighted by Gasteiger charge is -2.06. The SMILES string of the molecule is COc1ccc2c(N)n(C(=O)c3c(Cl)cccc3Cl)nc2c1. The van der Waals surface area contributed by atoms with Crippen LogP contribution in [0.2, 0.25) is 10.0 Å². The smallest absolute Gasteiger partial charge is 0.283 e. The number of hydrogen-bond donors (Lipinski definition) is 1. The molecule has 0 radical (unpaired) electrons. The molecule has 3 rings (SSSR count). The maximum Gasteiger partial charge on any atom is 0.283 e. The zero-order valence-corrected chi connectivity index (χ0v) is 13.0. The lowest BCUT2D eigenvalue weighted by molar-refractivity contribution is 0.0949. The van der Waals surface area contributed by atoms with Gasteiger partial charge in [-0.2, -0.15) is 9.78 Å². The minimum Gasteiger partial charge on any atom is -0.497 e. The first-order valence-electron chi connectivity index (χ1n) is 6.34. The number of carbonyl (C=O) groups is 1. The van der Waals surface area contributed by atoms with Crippen LogP contribution in [0.25, 0.3) is 10.9 Å². The number of nitrogen functional groups attached to an aromatic ring is 1. The number of nitrogens with zero attached hydrogens (tertiary/aromatic N) is 2. The van der Waals surface area contributed by atoms with Gasteiger partial charge in [-0.05, 0) is 24.3 Å². The first kappa shape index (κ1) is 14.7. The molecular formula is C15H11Cl2N3O2. The lowest BCUT2D eigenvalue weighted by Crippen LogP contribution is -2.17. The summed E-state index contributed by atoms with van der Waals surface area (Å²) >= 11 is 12.1. The van der Waals surface area contributed by atoms with Gasteiger partial charge in [-0.3, -0.25) is 4.79 Å². The quantitative estimate of drug-likeness (QED) is 0.776. The number of aromatic nitrogens is 2. The van der Waals surface area contributed by atoms with Crippen LogP contribution in [-0.4, -0.2) is 22.8 Å². The van der Waals surface area contributed by atoms with E-state index in [0.717, 1.165) is 4.68 Å². The van der Waals surface area contributed by atoms with Gasteiger partial charge in [0.25, 0.3) is 5.91 Å². The minimum absolute atomic E-state index is 0.164. The number of methoxy groups -OCH3 is 1. The van der Waals surface area contributed by atoms with Crippen molar-refractivity contribution >= 4 is 45.8 Å². The van der Waals surface area contributed by atoms with E-state index in [4.69, 9.17) is 33.7 Å². The third-order valence-corrected chi connectivity index (χ3v) is 3.92. The van der Waals surface area contributed by atoms with Crippen molar-refractivity contribution in [3.05, 3.63) is 52.0 Å². The van der Waals surface area contributed by atoms with Crippen molar-refractivity contribution in [2.24, 2.45) is 0 Å². The number of carbonyl (C=O) groups excluding carboxylic acids is 1. The fourth-order valence-electron chi connectivity index (χ4n) is 2.18. The molecule has 5 nitrogen and oxygen atoms in total. The Bertz CT molecular complexity index is 870. The molecule has 2 N–H and O–H groups in total. The van der Waals surface area contributed by atoms with Gasteiger partial charge >= 0.3 is 0 Å². The molecular weight excluding hydrogens is 325 g/mol. The fourth-order valence-corrected chi connectivity index (χ4v) is 2.74. The van der Waals surface area contributed by atoms with Gasteiger partial charge in [0.2, 0.25) is 0 Å². The first-order chi connectivity index (χ1) is 10.5. The molecule has 1 aromatic heterocycles. The van der Waals surface area contributed by atoms with Gasteiger partial charge in [-0.15, -0.1) is 0 Å². The van der Waals surface area contributed by atoms with Crippen LogP contribution < -0.4 is 10.5 Å². The van der Waals surface area contributed by atoms with E-state index >= 15 is 0 Å². The third-order valence-electron chi connectivity index (χ3n) is 3.29. The maximum absolute atomic E-state index is 12.7. The largest absolute Gasteiger partial charge is 0.497 e. The van der Waals surface area contributed by atoms with Crippen LogP contribution in [0.3, 0.4) is 0 Å². The van der Waals surface area contributed by atoms with Gasteiger partial charge in [0.15, 0.2) is 0 Å². The van der Waals surface area contributed by atoms with Crippen LogP contribution in [0.15, 0.2) is 36.4 Å². The third kappa shape index (κ3) is 2.28. The van der Waals surface area contributed by atoms with Crippen molar-refractivity contribution < 1.29 is 9.53 Å².